The van der Waals surface area contributed by atoms with Crippen LogP contribution in [0.1, 0.15) is 35.0 Å². The summed E-state index contributed by atoms with van der Waals surface area (Å²) in [4.78, 5) is 12.4. The number of benzene rings is 1. The van der Waals surface area contributed by atoms with Gasteiger partial charge < -0.3 is 5.73 Å². The van der Waals surface area contributed by atoms with E-state index < -0.39 is 10.1 Å². The Hall–Kier alpha value is -1.97. The van der Waals surface area contributed by atoms with Crippen LogP contribution in [0.4, 0.5) is 0 Å². The van der Waals surface area contributed by atoms with Crippen LogP contribution >= 0.6 is 11.3 Å². The smallest absolute Gasteiger partial charge is 0.268 e. The van der Waals surface area contributed by atoms with Gasteiger partial charge in [-0.25, -0.2) is 0 Å². The van der Waals surface area contributed by atoms with E-state index in [-0.39, 0.29) is 11.9 Å². The molecule has 9 heteroatoms. The van der Waals surface area contributed by atoms with E-state index in [1.54, 1.807) is 0 Å². The molecule has 0 radical (unpaired) electrons. The summed E-state index contributed by atoms with van der Waals surface area (Å²) in [6.45, 7) is 4.25. The van der Waals surface area contributed by atoms with Crippen LogP contribution in [0.15, 0.2) is 24.3 Å². The van der Waals surface area contributed by atoms with Crippen molar-refractivity contribution in [3.8, 4) is 0 Å². The zero-order chi connectivity index (χ0) is 17.8. The topological polar surface area (TPSA) is 133 Å². The first-order chi connectivity index (χ1) is 10.5. The van der Waals surface area contributed by atoms with E-state index >= 15 is 0 Å². The lowest BCUT2D eigenvalue weighted by Gasteiger charge is -2.05. The second-order valence-corrected chi connectivity index (χ2v) is 7.68. The number of hydrogen-bond acceptors (Lipinski definition) is 5. The molecule has 1 aromatic carbocycles. The fourth-order valence-corrected chi connectivity index (χ4v) is 2.87. The molecule has 5 N–H and O–H groups in total. The molecule has 0 aliphatic carbocycles. The number of guanidine groups is 1. The molecule has 1 amide bonds. The van der Waals surface area contributed by atoms with E-state index in [2.05, 4.69) is 25.2 Å². The number of nitrogens with two attached hydrogens (primary N) is 1. The number of carbonyl (C=O) groups is 1. The maximum atomic E-state index is 11.8. The normalized spacial score (nSPS) is 11.0. The average Bonchev–Trinajstić information content (AvgIpc) is 2.79. The van der Waals surface area contributed by atoms with Gasteiger partial charge >= 0.3 is 0 Å². The van der Waals surface area contributed by atoms with Gasteiger partial charge in [-0.1, -0.05) is 26.0 Å². The highest BCUT2D eigenvalue weighted by molar-refractivity contribution is 7.85. The van der Waals surface area contributed by atoms with Crippen LogP contribution in [0.25, 0.3) is 10.1 Å². The lowest BCUT2D eigenvalue weighted by Crippen LogP contribution is -2.35. The van der Waals surface area contributed by atoms with E-state index in [1.807, 2.05) is 18.2 Å². The van der Waals surface area contributed by atoms with Crippen molar-refractivity contribution in [2.45, 2.75) is 19.8 Å². The highest BCUT2D eigenvalue weighted by Crippen LogP contribution is 2.31. The van der Waals surface area contributed by atoms with Gasteiger partial charge in [-0.05, 0) is 29.0 Å². The van der Waals surface area contributed by atoms with Gasteiger partial charge in [0, 0.05) is 4.70 Å². The van der Waals surface area contributed by atoms with Crippen LogP contribution in [0.3, 0.4) is 0 Å². The third-order valence-corrected chi connectivity index (χ3v) is 3.79. The molecule has 0 saturated carbocycles. The van der Waals surface area contributed by atoms with Gasteiger partial charge in [0.2, 0.25) is 0 Å². The molecule has 7 nitrogen and oxygen atoms in total. The monoisotopic (exact) mass is 357 g/mol. The van der Waals surface area contributed by atoms with E-state index in [1.165, 1.54) is 16.9 Å². The first-order valence-electron chi connectivity index (χ1n) is 6.59. The highest BCUT2D eigenvalue weighted by atomic mass is 32.2. The molecule has 1 heterocycles. The Balaban J connectivity index is 0.000000463. The summed E-state index contributed by atoms with van der Waals surface area (Å²) in [5.41, 5.74) is 6.39. The van der Waals surface area contributed by atoms with Gasteiger partial charge in [-0.15, -0.1) is 11.3 Å². The predicted octanol–water partition coefficient (Wildman–Crippen LogP) is 2.15. The summed E-state index contributed by atoms with van der Waals surface area (Å²) >= 11 is 1.41. The molecule has 0 aliphatic rings. The number of fused-ring (bicyclic) bond motifs is 1. The van der Waals surface area contributed by atoms with Crippen molar-refractivity contribution < 1.29 is 17.8 Å². The summed E-state index contributed by atoms with van der Waals surface area (Å²) < 4.78 is 26.9. The van der Waals surface area contributed by atoms with Crippen molar-refractivity contribution in [2.24, 2.45) is 5.73 Å². The Labute approximate surface area is 138 Å². The minimum Gasteiger partial charge on any atom is -0.370 e. The van der Waals surface area contributed by atoms with Crippen molar-refractivity contribution >= 4 is 43.4 Å². The van der Waals surface area contributed by atoms with Crippen molar-refractivity contribution in [1.82, 2.24) is 5.32 Å². The number of thiophene rings is 1. The largest absolute Gasteiger partial charge is 0.370 e. The molecule has 0 aliphatic heterocycles. The van der Waals surface area contributed by atoms with Crippen molar-refractivity contribution in [1.29, 1.82) is 5.41 Å². The zero-order valence-electron chi connectivity index (χ0n) is 13.0. The maximum absolute atomic E-state index is 11.8. The Morgan fingerprint density at radius 1 is 1.39 bits per heavy atom. The summed E-state index contributed by atoms with van der Waals surface area (Å²) in [6.07, 6.45) is 0.715. The molecule has 0 spiro atoms. The molecular weight excluding hydrogens is 338 g/mol. The van der Waals surface area contributed by atoms with Crippen molar-refractivity contribution in [3.63, 3.8) is 0 Å². The SMILES string of the molecule is CC(C)c1cccc2sc(C(=O)NC(=N)N)cc12.CS(=O)(=O)O. The number of carbonyl (C=O) groups excluding carboxylic acids is 1. The lowest BCUT2D eigenvalue weighted by molar-refractivity contribution is 0.0980. The fraction of sp³-hybridized carbons (Fsp3) is 0.286. The van der Waals surface area contributed by atoms with Crippen LogP contribution in [0.5, 0.6) is 0 Å². The molecule has 2 aromatic rings. The lowest BCUT2D eigenvalue weighted by atomic mass is 9.99. The molecular formula is C14H19N3O4S2. The van der Waals surface area contributed by atoms with E-state index in [0.717, 1.165) is 10.1 Å². The molecule has 1 aromatic heterocycles. The maximum Gasteiger partial charge on any atom is 0.268 e. The number of nitrogens with one attached hydrogen (secondary N) is 2. The minimum atomic E-state index is -3.67. The van der Waals surface area contributed by atoms with Gasteiger partial charge in [-0.2, -0.15) is 8.42 Å². The molecule has 23 heavy (non-hydrogen) atoms. The van der Waals surface area contributed by atoms with E-state index in [9.17, 15) is 13.2 Å². The summed E-state index contributed by atoms with van der Waals surface area (Å²) in [7, 11) is -3.67. The first kappa shape index (κ1) is 19.1. The molecule has 0 bridgehead atoms. The fourth-order valence-electron chi connectivity index (χ4n) is 1.88. The summed E-state index contributed by atoms with van der Waals surface area (Å²) in [6, 6.07) is 7.94. The van der Waals surface area contributed by atoms with Gasteiger partial charge in [0.1, 0.15) is 0 Å². The molecule has 0 fully saturated rings. The second-order valence-electron chi connectivity index (χ2n) is 5.13. The van der Waals surface area contributed by atoms with Crippen molar-refractivity contribution in [2.75, 3.05) is 6.26 Å². The quantitative estimate of drug-likeness (QED) is 0.371. The minimum absolute atomic E-state index is 0.321. The standard InChI is InChI=1S/C13H15N3OS.CH4O3S/c1-7(2)8-4-3-5-10-9(8)6-11(18-10)12(17)16-13(14)15;1-5(2,3)4/h3-7H,1-2H3,(H4,14,15,16,17);1H3,(H,2,3,4). The van der Waals surface area contributed by atoms with Gasteiger partial charge in [0.25, 0.3) is 16.0 Å². The summed E-state index contributed by atoms with van der Waals surface area (Å²) in [5, 5.41) is 10.5. The third kappa shape index (κ3) is 6.35. The molecule has 126 valence electrons. The van der Waals surface area contributed by atoms with Gasteiger partial charge in [-0.3, -0.25) is 20.1 Å². The molecule has 2 rings (SSSR count). The third-order valence-electron chi connectivity index (χ3n) is 2.69. The Morgan fingerprint density at radius 3 is 2.43 bits per heavy atom. The van der Waals surface area contributed by atoms with Gasteiger partial charge in [0.05, 0.1) is 11.1 Å². The Kier molecular flexibility index (Phi) is 6.25. The number of amides is 1. The van der Waals surface area contributed by atoms with Crippen molar-refractivity contribution in [3.05, 3.63) is 34.7 Å². The number of hydrogen-bond donors (Lipinski definition) is 4. The summed E-state index contributed by atoms with van der Waals surface area (Å²) in [5.74, 6) is -0.244. The predicted molar refractivity (Wildman–Crippen MR) is 92.8 cm³/mol. The number of rotatable bonds is 2. The zero-order valence-corrected chi connectivity index (χ0v) is 14.6. The van der Waals surface area contributed by atoms with E-state index in [0.29, 0.717) is 17.1 Å². The van der Waals surface area contributed by atoms with Crippen LogP contribution in [-0.2, 0) is 10.1 Å². The van der Waals surface area contributed by atoms with Crippen LogP contribution < -0.4 is 11.1 Å². The second kappa shape index (κ2) is 7.53. The Morgan fingerprint density at radius 2 is 1.96 bits per heavy atom. The van der Waals surface area contributed by atoms with Crippen LogP contribution in [-0.4, -0.2) is 31.1 Å². The van der Waals surface area contributed by atoms with Crippen LogP contribution in [0.2, 0.25) is 0 Å². The molecule has 0 atom stereocenters. The molecule has 0 saturated heterocycles. The highest BCUT2D eigenvalue weighted by Gasteiger charge is 2.13. The first-order valence-corrected chi connectivity index (χ1v) is 9.25. The molecule has 0 unspecified atom stereocenters. The van der Waals surface area contributed by atoms with Gasteiger partial charge in [0.15, 0.2) is 5.96 Å². The Bertz CT molecular complexity index is 818. The average molecular weight is 357 g/mol. The van der Waals surface area contributed by atoms with Crippen LogP contribution in [0, 0.1) is 5.41 Å². The van der Waals surface area contributed by atoms with E-state index in [4.69, 9.17) is 15.7 Å².